The first-order chi connectivity index (χ1) is 10.1. The fourth-order valence-electron chi connectivity index (χ4n) is 0. The fraction of sp³-hybridized carbons (Fsp3) is 1.00. The van der Waals surface area contributed by atoms with Gasteiger partial charge in [0.05, 0.1) is 0 Å². The zero-order valence-electron chi connectivity index (χ0n) is 20.3. The molecular formula is C21H60. The monoisotopic (exact) mass is 312 g/mol. The molecule has 0 unspecified atom stereocenters. The third-order valence-corrected chi connectivity index (χ3v) is 0. The second-order valence-electron chi connectivity index (χ2n) is 2.44. The smallest absolute Gasteiger partial charge is 0.0500 e. The Morgan fingerprint density at radius 3 is 0.381 bits per heavy atom. The molecule has 0 aromatic carbocycles. The summed E-state index contributed by atoms with van der Waals surface area (Å²) in [4.78, 5) is 0. The van der Waals surface area contributed by atoms with E-state index in [4.69, 9.17) is 0 Å². The molecule has 0 aliphatic carbocycles. The van der Waals surface area contributed by atoms with Gasteiger partial charge in [-0.15, -0.1) is 0 Å². The van der Waals surface area contributed by atoms with Gasteiger partial charge in [0.15, 0.2) is 0 Å². The van der Waals surface area contributed by atoms with Crippen molar-refractivity contribution in [2.45, 2.75) is 138 Å². The van der Waals surface area contributed by atoms with Crippen LogP contribution in [-0.4, -0.2) is 0 Å². The van der Waals surface area contributed by atoms with Crippen LogP contribution < -0.4 is 0 Å². The molecule has 0 rings (SSSR count). The molecule has 0 nitrogen and oxygen atoms in total. The Morgan fingerprint density at radius 2 is 0.381 bits per heavy atom. The molecular weight excluding hydrogens is 252 g/mol. The van der Waals surface area contributed by atoms with Crippen LogP contribution in [-0.2, 0) is 0 Å². The minimum absolute atomic E-state index is 0.833. The molecule has 0 saturated heterocycles. The Bertz CT molecular complexity index is 11.2. The zero-order chi connectivity index (χ0) is 20.3. The SMILES string of the molecule is CC.CC.CC.CC.CC.CC.CC.CC(C)C.CCC. The van der Waals surface area contributed by atoms with Gasteiger partial charge in [0, 0.05) is 0 Å². The zero-order valence-corrected chi connectivity index (χ0v) is 20.3. The van der Waals surface area contributed by atoms with Crippen molar-refractivity contribution in [1.29, 1.82) is 0 Å². The van der Waals surface area contributed by atoms with E-state index in [-0.39, 0.29) is 0 Å². The lowest BCUT2D eigenvalue weighted by Crippen LogP contribution is -1.66. The average molecular weight is 313 g/mol. The van der Waals surface area contributed by atoms with E-state index in [0.717, 1.165) is 5.92 Å². The summed E-state index contributed by atoms with van der Waals surface area (Å²) in [5, 5.41) is 0. The highest BCUT2D eigenvalue weighted by Crippen LogP contribution is 1.81. The Hall–Kier alpha value is 0. The normalized spacial score (nSPS) is 4.57. The van der Waals surface area contributed by atoms with Crippen LogP contribution in [0.1, 0.15) is 138 Å². The third kappa shape index (κ3) is 0. The first kappa shape index (κ1) is 58.3. The van der Waals surface area contributed by atoms with Crippen LogP contribution in [0.15, 0.2) is 0 Å². The molecule has 0 fully saturated rings. The van der Waals surface area contributed by atoms with Gasteiger partial charge in [-0.3, -0.25) is 0 Å². The molecule has 0 atom stereocenters. The molecule has 0 bridgehead atoms. The summed E-state index contributed by atoms with van der Waals surface area (Å²) in [5.41, 5.74) is 0. The molecule has 0 aliphatic rings. The summed E-state index contributed by atoms with van der Waals surface area (Å²) in [6.07, 6.45) is 1.25. The van der Waals surface area contributed by atoms with Crippen LogP contribution >= 0.6 is 0 Å². The van der Waals surface area contributed by atoms with Gasteiger partial charge in [-0.05, 0) is 5.92 Å². The van der Waals surface area contributed by atoms with Crippen molar-refractivity contribution in [3.05, 3.63) is 0 Å². The molecule has 0 aromatic rings. The fourth-order valence-corrected chi connectivity index (χ4v) is 0. The Morgan fingerprint density at radius 1 is 0.381 bits per heavy atom. The van der Waals surface area contributed by atoms with Gasteiger partial charge in [0.1, 0.15) is 0 Å². The topological polar surface area (TPSA) is 0 Å². The van der Waals surface area contributed by atoms with Gasteiger partial charge in [-0.1, -0.05) is 138 Å². The summed E-state index contributed by atoms with van der Waals surface area (Å²) < 4.78 is 0. The van der Waals surface area contributed by atoms with Crippen molar-refractivity contribution in [1.82, 2.24) is 0 Å². The first-order valence-corrected chi connectivity index (χ1v) is 10.1. The molecule has 0 radical (unpaired) electrons. The van der Waals surface area contributed by atoms with E-state index in [0.29, 0.717) is 0 Å². The minimum atomic E-state index is 0.833. The summed E-state index contributed by atoms with van der Waals surface area (Å²) >= 11 is 0. The van der Waals surface area contributed by atoms with Gasteiger partial charge < -0.3 is 0 Å². The van der Waals surface area contributed by atoms with Crippen molar-refractivity contribution in [2.75, 3.05) is 0 Å². The van der Waals surface area contributed by atoms with Gasteiger partial charge in [-0.2, -0.15) is 0 Å². The van der Waals surface area contributed by atoms with E-state index < -0.39 is 0 Å². The summed E-state index contributed by atoms with van der Waals surface area (Å²) in [7, 11) is 0. The highest BCUT2D eigenvalue weighted by atomic mass is 13.7. The van der Waals surface area contributed by atoms with Crippen molar-refractivity contribution in [3.63, 3.8) is 0 Å². The van der Waals surface area contributed by atoms with Crippen molar-refractivity contribution in [3.8, 4) is 0 Å². The van der Waals surface area contributed by atoms with E-state index in [9.17, 15) is 0 Å². The molecule has 0 saturated carbocycles. The highest BCUT2D eigenvalue weighted by Gasteiger charge is 1.68. The van der Waals surface area contributed by atoms with E-state index >= 15 is 0 Å². The molecule has 0 amide bonds. The molecule has 0 heteroatoms. The Labute approximate surface area is 144 Å². The Kier molecular flexibility index (Phi) is 1250. The van der Waals surface area contributed by atoms with Crippen LogP contribution in [0.2, 0.25) is 0 Å². The second kappa shape index (κ2) is 451. The largest absolute Gasteiger partial charge is 0.0683 e. The second-order valence-corrected chi connectivity index (χ2v) is 2.44. The van der Waals surface area contributed by atoms with Crippen LogP contribution in [0.4, 0.5) is 0 Å². The van der Waals surface area contributed by atoms with Crippen LogP contribution in [0.5, 0.6) is 0 Å². The molecule has 0 aliphatic heterocycles. The summed E-state index contributed by atoms with van der Waals surface area (Å²) in [5.74, 6) is 0.833. The minimum Gasteiger partial charge on any atom is -0.0683 e. The Balaban J connectivity index is -0.0000000112. The lowest BCUT2D eigenvalue weighted by atomic mass is 10.3. The average Bonchev–Trinajstić information content (AvgIpc) is 2.60. The summed E-state index contributed by atoms with van der Waals surface area (Å²) in [6, 6.07) is 0. The van der Waals surface area contributed by atoms with E-state index in [1.807, 2.05) is 96.9 Å². The molecule has 0 aromatic heterocycles. The van der Waals surface area contributed by atoms with Gasteiger partial charge in [-0.25, -0.2) is 0 Å². The van der Waals surface area contributed by atoms with E-state index in [1.165, 1.54) is 6.42 Å². The number of rotatable bonds is 0. The van der Waals surface area contributed by atoms with Gasteiger partial charge in [0.25, 0.3) is 0 Å². The molecule has 144 valence electrons. The molecule has 0 heterocycles. The van der Waals surface area contributed by atoms with Crippen LogP contribution in [0, 0.1) is 5.92 Å². The quantitative estimate of drug-likeness (QED) is 0.417. The lowest BCUT2D eigenvalue weighted by molar-refractivity contribution is 0.737. The molecule has 0 spiro atoms. The lowest BCUT2D eigenvalue weighted by Gasteiger charge is -1.79. The predicted molar refractivity (Wildman–Crippen MR) is 116 cm³/mol. The van der Waals surface area contributed by atoms with Crippen LogP contribution in [0.25, 0.3) is 0 Å². The standard InChI is InChI=1S/C4H10.C3H8.7C2H6/c1-4(2)3;1-3-2;7*1-2/h4H,1-3H3;3H2,1-2H3;7*1-2H3. The van der Waals surface area contributed by atoms with Crippen LogP contribution in [0.3, 0.4) is 0 Å². The third-order valence-electron chi connectivity index (χ3n) is 0. The summed E-state index contributed by atoms with van der Waals surface area (Å²) in [6.45, 7) is 38.8. The molecule has 21 heavy (non-hydrogen) atoms. The number of hydrogen-bond donors (Lipinski definition) is 0. The maximum atomic E-state index is 2.17. The van der Waals surface area contributed by atoms with Crippen molar-refractivity contribution in [2.24, 2.45) is 5.92 Å². The van der Waals surface area contributed by atoms with Gasteiger partial charge >= 0.3 is 0 Å². The highest BCUT2D eigenvalue weighted by molar-refractivity contribution is 4.20. The van der Waals surface area contributed by atoms with E-state index in [1.54, 1.807) is 0 Å². The van der Waals surface area contributed by atoms with Crippen molar-refractivity contribution < 1.29 is 0 Å². The van der Waals surface area contributed by atoms with Gasteiger partial charge in [0.2, 0.25) is 0 Å². The van der Waals surface area contributed by atoms with E-state index in [2.05, 4.69) is 34.6 Å². The first-order valence-electron chi connectivity index (χ1n) is 10.1. The molecule has 0 N–H and O–H groups in total. The maximum Gasteiger partial charge on any atom is -0.0500 e. The predicted octanol–water partition coefficient (Wildman–Crippen LogP) is 10.3. The number of hydrogen-bond acceptors (Lipinski definition) is 0. The maximum absolute atomic E-state index is 2.17. The van der Waals surface area contributed by atoms with Crippen molar-refractivity contribution >= 4 is 0 Å².